The molecule has 0 saturated carbocycles. The van der Waals surface area contributed by atoms with E-state index in [0.717, 1.165) is 22.7 Å². The van der Waals surface area contributed by atoms with Gasteiger partial charge in [-0.1, -0.05) is 42.5 Å². The first-order valence-electron chi connectivity index (χ1n) is 8.61. The number of aliphatic imine (C=N–C) groups is 1. The summed E-state index contributed by atoms with van der Waals surface area (Å²) >= 11 is 3.74. The van der Waals surface area contributed by atoms with Crippen molar-refractivity contribution >= 4 is 34.9 Å². The van der Waals surface area contributed by atoms with Crippen molar-refractivity contribution in [2.24, 2.45) is 10.9 Å². The first-order valence-corrected chi connectivity index (χ1v) is 10.5. The monoisotopic (exact) mass is 377 g/mol. The molecule has 4 heteroatoms. The van der Waals surface area contributed by atoms with Crippen LogP contribution in [-0.2, 0) is 0 Å². The Morgan fingerprint density at radius 3 is 2.42 bits per heavy atom. The van der Waals surface area contributed by atoms with Gasteiger partial charge < -0.3 is 0 Å². The van der Waals surface area contributed by atoms with Crippen LogP contribution in [-0.4, -0.2) is 11.5 Å². The van der Waals surface area contributed by atoms with E-state index < -0.39 is 0 Å². The number of para-hydroxylation sites is 1. The van der Waals surface area contributed by atoms with Gasteiger partial charge in [0.05, 0.1) is 11.4 Å². The number of benzene rings is 3. The molecular formula is C22H16FNS2. The van der Waals surface area contributed by atoms with Crippen molar-refractivity contribution < 1.29 is 4.39 Å². The van der Waals surface area contributed by atoms with Crippen LogP contribution in [0.15, 0.2) is 87.6 Å². The zero-order valence-corrected chi connectivity index (χ0v) is 15.6. The SMILES string of the molecule is Fc1ccc([C@@H]2Sc3ccccc3N=C3c4ccccc4SC[C@@H]32)cc1. The Balaban J connectivity index is 1.70. The molecule has 0 N–H and O–H groups in total. The molecule has 3 aromatic rings. The highest BCUT2D eigenvalue weighted by Crippen LogP contribution is 2.51. The standard InChI is InChI=1S/C22H16FNS2/c23-15-11-9-14(10-12-15)22-17-13-25-19-7-3-1-5-16(19)21(17)24-18-6-2-4-8-20(18)26-22/h1-12,17,22H,13H2/t17-,22-/m0/s1. The number of hydrogen-bond donors (Lipinski definition) is 0. The summed E-state index contributed by atoms with van der Waals surface area (Å²) in [5.74, 6) is 1.08. The fourth-order valence-electron chi connectivity index (χ4n) is 3.59. The molecule has 2 aliphatic heterocycles. The van der Waals surface area contributed by atoms with Crippen molar-refractivity contribution in [3.05, 3.63) is 89.7 Å². The molecule has 128 valence electrons. The molecule has 5 rings (SSSR count). The van der Waals surface area contributed by atoms with Gasteiger partial charge in [0.15, 0.2) is 0 Å². The Bertz CT molecular complexity index is 997. The number of hydrogen-bond acceptors (Lipinski definition) is 3. The maximum Gasteiger partial charge on any atom is 0.123 e. The zero-order valence-electron chi connectivity index (χ0n) is 13.9. The van der Waals surface area contributed by atoms with E-state index in [9.17, 15) is 4.39 Å². The summed E-state index contributed by atoms with van der Waals surface area (Å²) in [6, 6.07) is 23.8. The van der Waals surface area contributed by atoms with Crippen LogP contribution in [0.25, 0.3) is 0 Å². The summed E-state index contributed by atoms with van der Waals surface area (Å²) in [6.07, 6.45) is 0. The number of halogens is 1. The van der Waals surface area contributed by atoms with Crippen LogP contribution in [0.1, 0.15) is 16.4 Å². The third-order valence-electron chi connectivity index (χ3n) is 4.86. The van der Waals surface area contributed by atoms with Gasteiger partial charge in [-0.2, -0.15) is 0 Å². The Hall–Kier alpha value is -2.04. The van der Waals surface area contributed by atoms with Crippen molar-refractivity contribution in [1.82, 2.24) is 0 Å². The second kappa shape index (κ2) is 6.60. The van der Waals surface area contributed by atoms with Crippen LogP contribution in [0, 0.1) is 11.7 Å². The molecule has 0 radical (unpaired) electrons. The van der Waals surface area contributed by atoms with E-state index in [0.29, 0.717) is 0 Å². The molecule has 1 nitrogen and oxygen atoms in total. The van der Waals surface area contributed by atoms with E-state index in [1.165, 1.54) is 15.4 Å². The smallest absolute Gasteiger partial charge is 0.123 e. The fraction of sp³-hybridized carbons (Fsp3) is 0.136. The first kappa shape index (κ1) is 16.2. The Kier molecular flexibility index (Phi) is 4.10. The van der Waals surface area contributed by atoms with Crippen molar-refractivity contribution in [1.29, 1.82) is 0 Å². The average molecular weight is 378 g/mol. The predicted octanol–water partition coefficient (Wildman–Crippen LogP) is 6.52. The van der Waals surface area contributed by atoms with Crippen LogP contribution >= 0.6 is 23.5 Å². The second-order valence-corrected chi connectivity index (χ2v) is 8.71. The highest BCUT2D eigenvalue weighted by Gasteiger charge is 2.36. The van der Waals surface area contributed by atoms with Crippen molar-refractivity contribution in [3.63, 3.8) is 0 Å². The van der Waals surface area contributed by atoms with E-state index >= 15 is 0 Å². The molecule has 0 fully saturated rings. The molecular weight excluding hydrogens is 361 g/mol. The van der Waals surface area contributed by atoms with Crippen LogP contribution in [0.5, 0.6) is 0 Å². The molecule has 0 aliphatic carbocycles. The molecule has 0 aromatic heterocycles. The molecule has 3 aromatic carbocycles. The van der Waals surface area contributed by atoms with Crippen LogP contribution in [0.3, 0.4) is 0 Å². The third-order valence-corrected chi connectivity index (χ3v) is 7.50. The van der Waals surface area contributed by atoms with E-state index in [4.69, 9.17) is 4.99 Å². The highest BCUT2D eigenvalue weighted by atomic mass is 32.2. The molecule has 2 aliphatic rings. The van der Waals surface area contributed by atoms with Gasteiger partial charge in [-0.15, -0.1) is 23.5 Å². The van der Waals surface area contributed by atoms with Gasteiger partial charge in [0.2, 0.25) is 0 Å². The summed E-state index contributed by atoms with van der Waals surface area (Å²) in [6.45, 7) is 0. The molecule has 0 bridgehead atoms. The Labute approximate surface area is 160 Å². The lowest BCUT2D eigenvalue weighted by Gasteiger charge is -2.31. The molecule has 0 saturated heterocycles. The van der Waals surface area contributed by atoms with Gasteiger partial charge in [0, 0.05) is 32.3 Å². The summed E-state index contributed by atoms with van der Waals surface area (Å²) in [7, 11) is 0. The third kappa shape index (κ3) is 2.78. The molecule has 0 unspecified atom stereocenters. The molecule has 2 atom stereocenters. The topological polar surface area (TPSA) is 12.4 Å². The minimum absolute atomic E-state index is 0.190. The first-order chi connectivity index (χ1) is 12.8. The van der Waals surface area contributed by atoms with Gasteiger partial charge in [-0.05, 0) is 35.9 Å². The van der Waals surface area contributed by atoms with E-state index in [-0.39, 0.29) is 17.0 Å². The minimum atomic E-state index is -0.190. The largest absolute Gasteiger partial charge is 0.251 e. The summed E-state index contributed by atoms with van der Waals surface area (Å²) in [5, 5.41) is 0.221. The highest BCUT2D eigenvalue weighted by molar-refractivity contribution is 8.00. The van der Waals surface area contributed by atoms with Crippen molar-refractivity contribution in [2.75, 3.05) is 5.75 Å². The number of nitrogens with zero attached hydrogens (tertiary/aromatic N) is 1. The van der Waals surface area contributed by atoms with Gasteiger partial charge in [0.25, 0.3) is 0 Å². The lowest BCUT2D eigenvalue weighted by atomic mass is 9.90. The normalized spacial score (nSPS) is 21.0. The molecule has 2 heterocycles. The molecule has 0 spiro atoms. The predicted molar refractivity (Wildman–Crippen MR) is 108 cm³/mol. The van der Waals surface area contributed by atoms with Crippen LogP contribution in [0.2, 0.25) is 0 Å². The Morgan fingerprint density at radius 2 is 1.58 bits per heavy atom. The lowest BCUT2D eigenvalue weighted by Crippen LogP contribution is -2.27. The van der Waals surface area contributed by atoms with Gasteiger partial charge in [-0.3, -0.25) is 4.99 Å². The number of rotatable bonds is 1. The van der Waals surface area contributed by atoms with Gasteiger partial charge in [0.1, 0.15) is 5.82 Å². The number of fused-ring (bicyclic) bond motifs is 4. The average Bonchev–Trinajstić information content (AvgIpc) is 2.85. The van der Waals surface area contributed by atoms with Gasteiger partial charge >= 0.3 is 0 Å². The van der Waals surface area contributed by atoms with Crippen molar-refractivity contribution in [3.8, 4) is 0 Å². The van der Waals surface area contributed by atoms with Crippen LogP contribution < -0.4 is 0 Å². The van der Waals surface area contributed by atoms with Gasteiger partial charge in [-0.25, -0.2) is 4.39 Å². The Morgan fingerprint density at radius 1 is 0.846 bits per heavy atom. The maximum absolute atomic E-state index is 13.5. The van der Waals surface area contributed by atoms with E-state index in [2.05, 4.69) is 42.5 Å². The number of thioether (sulfide) groups is 2. The maximum atomic E-state index is 13.5. The molecule has 0 amide bonds. The zero-order chi connectivity index (χ0) is 17.5. The second-order valence-electron chi connectivity index (χ2n) is 6.47. The quantitative estimate of drug-likeness (QED) is 0.479. The summed E-state index contributed by atoms with van der Waals surface area (Å²) in [5.41, 5.74) is 4.58. The van der Waals surface area contributed by atoms with Crippen LogP contribution in [0.4, 0.5) is 10.1 Å². The van der Waals surface area contributed by atoms with Crippen molar-refractivity contribution in [2.45, 2.75) is 15.0 Å². The minimum Gasteiger partial charge on any atom is -0.251 e. The lowest BCUT2D eigenvalue weighted by molar-refractivity contribution is 0.626. The van der Waals surface area contributed by atoms with E-state index in [1.54, 1.807) is 12.1 Å². The molecule has 26 heavy (non-hydrogen) atoms. The summed E-state index contributed by atoms with van der Waals surface area (Å²) in [4.78, 5) is 7.59. The summed E-state index contributed by atoms with van der Waals surface area (Å²) < 4.78 is 13.5. The van der Waals surface area contributed by atoms with E-state index in [1.807, 2.05) is 41.7 Å². The fourth-order valence-corrected chi connectivity index (χ4v) is 6.27.